The molecule has 6 heteroatoms. The van der Waals surface area contributed by atoms with Crippen molar-refractivity contribution >= 4 is 11.6 Å². The van der Waals surface area contributed by atoms with E-state index in [1.807, 2.05) is 0 Å². The largest absolute Gasteiger partial charge is 0.349 e. The first-order chi connectivity index (χ1) is 11.9. The number of hydrogen-bond acceptors (Lipinski definition) is 3. The van der Waals surface area contributed by atoms with Crippen LogP contribution in [0, 0.1) is 16.0 Å². The first-order valence-corrected chi connectivity index (χ1v) is 9.35. The van der Waals surface area contributed by atoms with Crippen LogP contribution in [0.25, 0.3) is 0 Å². The fourth-order valence-electron chi connectivity index (χ4n) is 4.59. The molecule has 2 saturated heterocycles. The number of hydrogen-bond donors (Lipinski definition) is 2. The number of carbonyl (C=O) groups is 1. The number of nitro groups is 1. The molecule has 136 valence electrons. The van der Waals surface area contributed by atoms with Crippen LogP contribution in [-0.2, 0) is 0 Å². The van der Waals surface area contributed by atoms with E-state index in [1.165, 1.54) is 37.9 Å². The van der Waals surface area contributed by atoms with E-state index < -0.39 is 4.92 Å². The number of piperidine rings is 2. The number of fused-ring (bicyclic) bond motifs is 2. The van der Waals surface area contributed by atoms with Crippen LogP contribution in [0.4, 0.5) is 5.69 Å². The van der Waals surface area contributed by atoms with Crippen molar-refractivity contribution in [3.05, 3.63) is 39.9 Å². The van der Waals surface area contributed by atoms with Gasteiger partial charge in [-0.15, -0.1) is 0 Å². The summed E-state index contributed by atoms with van der Waals surface area (Å²) < 4.78 is 0. The van der Waals surface area contributed by atoms with E-state index in [-0.39, 0.29) is 17.6 Å². The summed E-state index contributed by atoms with van der Waals surface area (Å²) in [5, 5.41) is 14.0. The molecule has 2 aliphatic heterocycles. The minimum absolute atomic E-state index is 0.0410. The molecule has 25 heavy (non-hydrogen) atoms. The number of amides is 1. The van der Waals surface area contributed by atoms with E-state index in [0.29, 0.717) is 23.6 Å². The molecule has 6 nitrogen and oxygen atoms in total. The van der Waals surface area contributed by atoms with Gasteiger partial charge in [0.2, 0.25) is 0 Å². The Hall–Kier alpha value is -1.95. The lowest BCUT2D eigenvalue weighted by Crippen LogP contribution is -3.21. The highest BCUT2D eigenvalue weighted by Crippen LogP contribution is 2.23. The molecule has 2 heterocycles. The van der Waals surface area contributed by atoms with Crippen LogP contribution in [0.5, 0.6) is 0 Å². The summed E-state index contributed by atoms with van der Waals surface area (Å²) in [6, 6.07) is 7.41. The predicted molar refractivity (Wildman–Crippen MR) is 95.7 cm³/mol. The van der Waals surface area contributed by atoms with Gasteiger partial charge in [-0.05, 0) is 25.3 Å². The number of non-ortho nitro benzene ring substituents is 1. The third-order valence-electron chi connectivity index (χ3n) is 5.59. The van der Waals surface area contributed by atoms with Gasteiger partial charge in [-0.2, -0.15) is 0 Å². The minimum Gasteiger partial charge on any atom is -0.349 e. The number of rotatable bonds is 5. The van der Waals surface area contributed by atoms with Gasteiger partial charge in [-0.25, -0.2) is 0 Å². The topological polar surface area (TPSA) is 76.7 Å². The van der Waals surface area contributed by atoms with E-state index >= 15 is 0 Å². The van der Waals surface area contributed by atoms with Gasteiger partial charge in [-0.3, -0.25) is 14.9 Å². The van der Waals surface area contributed by atoms with E-state index in [9.17, 15) is 14.9 Å². The monoisotopic (exact) mass is 346 g/mol. The molecule has 1 aromatic rings. The summed E-state index contributed by atoms with van der Waals surface area (Å²) in [5.41, 5.74) is 0.331. The molecule has 2 unspecified atom stereocenters. The highest BCUT2D eigenvalue weighted by molar-refractivity contribution is 5.95. The second kappa shape index (κ2) is 7.52. The number of nitro benzene ring substituents is 1. The Morgan fingerprint density at radius 1 is 1.32 bits per heavy atom. The van der Waals surface area contributed by atoms with Crippen LogP contribution in [0.3, 0.4) is 0 Å². The van der Waals surface area contributed by atoms with Crippen molar-refractivity contribution in [2.75, 3.05) is 6.54 Å². The van der Waals surface area contributed by atoms with Gasteiger partial charge >= 0.3 is 0 Å². The molecule has 2 N–H and O–H groups in total. The van der Waals surface area contributed by atoms with Crippen molar-refractivity contribution in [3.63, 3.8) is 0 Å². The zero-order chi connectivity index (χ0) is 18.0. The van der Waals surface area contributed by atoms with Crippen molar-refractivity contribution in [2.24, 2.45) is 5.92 Å². The summed E-state index contributed by atoms with van der Waals surface area (Å²) in [6.07, 6.45) is 5.80. The maximum Gasteiger partial charge on any atom is 0.270 e. The van der Waals surface area contributed by atoms with Crippen LogP contribution in [0.15, 0.2) is 24.3 Å². The second-order valence-corrected chi connectivity index (χ2v) is 7.95. The molecule has 1 aromatic carbocycles. The predicted octanol–water partition coefficient (Wildman–Crippen LogP) is 1.95. The molecule has 2 aliphatic rings. The lowest BCUT2D eigenvalue weighted by molar-refractivity contribution is -0.963. The van der Waals surface area contributed by atoms with Crippen LogP contribution in [0.1, 0.15) is 56.3 Å². The van der Waals surface area contributed by atoms with Gasteiger partial charge in [-0.1, -0.05) is 19.9 Å². The van der Waals surface area contributed by atoms with E-state index in [2.05, 4.69) is 19.2 Å². The molecular formula is C19H28N3O3+. The molecule has 2 fully saturated rings. The zero-order valence-corrected chi connectivity index (χ0v) is 15.0. The average Bonchev–Trinajstić information content (AvgIpc) is 2.55. The van der Waals surface area contributed by atoms with Crippen molar-refractivity contribution in [1.82, 2.24) is 5.32 Å². The van der Waals surface area contributed by atoms with Gasteiger partial charge < -0.3 is 10.2 Å². The molecule has 0 radical (unpaired) electrons. The van der Waals surface area contributed by atoms with Gasteiger partial charge in [0.1, 0.15) is 0 Å². The Morgan fingerprint density at radius 3 is 2.60 bits per heavy atom. The zero-order valence-electron chi connectivity index (χ0n) is 15.0. The van der Waals surface area contributed by atoms with Gasteiger partial charge in [0.25, 0.3) is 11.6 Å². The first kappa shape index (κ1) is 17.9. The Bertz CT molecular complexity index is 633. The smallest absolute Gasteiger partial charge is 0.270 e. The van der Waals surface area contributed by atoms with Crippen LogP contribution in [-0.4, -0.2) is 35.5 Å². The number of quaternary nitrogens is 1. The van der Waals surface area contributed by atoms with E-state index in [4.69, 9.17) is 0 Å². The number of carbonyl (C=O) groups excluding carboxylic acids is 1. The fraction of sp³-hybridized carbons (Fsp3) is 0.632. The van der Waals surface area contributed by atoms with Crippen LogP contribution >= 0.6 is 0 Å². The number of nitrogens with zero attached hydrogens (tertiary/aromatic N) is 1. The van der Waals surface area contributed by atoms with Crippen LogP contribution < -0.4 is 10.2 Å². The van der Waals surface area contributed by atoms with E-state index in [1.54, 1.807) is 17.0 Å². The molecule has 0 aromatic heterocycles. The maximum atomic E-state index is 12.5. The summed E-state index contributed by atoms with van der Waals surface area (Å²) in [7, 11) is 0. The van der Waals surface area contributed by atoms with Gasteiger partial charge in [0.05, 0.1) is 23.6 Å². The van der Waals surface area contributed by atoms with Crippen molar-refractivity contribution in [3.8, 4) is 0 Å². The van der Waals surface area contributed by atoms with Gasteiger partial charge in [0, 0.05) is 42.5 Å². The first-order valence-electron chi connectivity index (χ1n) is 9.35. The number of nitrogens with one attached hydrogen (secondary N) is 2. The van der Waals surface area contributed by atoms with E-state index in [0.717, 1.165) is 12.8 Å². The fourth-order valence-corrected chi connectivity index (χ4v) is 4.59. The van der Waals surface area contributed by atoms with Crippen LogP contribution in [0.2, 0.25) is 0 Å². The third kappa shape index (κ3) is 4.18. The highest BCUT2D eigenvalue weighted by atomic mass is 16.6. The third-order valence-corrected chi connectivity index (χ3v) is 5.59. The lowest BCUT2D eigenvalue weighted by Gasteiger charge is -2.46. The quantitative estimate of drug-likeness (QED) is 0.632. The van der Waals surface area contributed by atoms with Crippen molar-refractivity contribution in [2.45, 2.75) is 64.1 Å². The minimum atomic E-state index is -0.463. The molecule has 0 aliphatic carbocycles. The molecule has 0 spiro atoms. The highest BCUT2D eigenvalue weighted by Gasteiger charge is 2.42. The normalized spacial score (nSPS) is 28.6. The summed E-state index contributed by atoms with van der Waals surface area (Å²) >= 11 is 0. The molecule has 1 amide bonds. The molecule has 4 atom stereocenters. The SMILES string of the molecule is CC(C)C[NH+]1[C@@H]2CCC[C@H]1CC(NC(=O)c1cccc([N+](=O)[O-])c1)C2. The second-order valence-electron chi connectivity index (χ2n) is 7.95. The molecule has 3 rings (SSSR count). The van der Waals surface area contributed by atoms with Gasteiger partial charge in [0.15, 0.2) is 0 Å². The summed E-state index contributed by atoms with van der Waals surface area (Å²) in [5.74, 6) is 0.494. The lowest BCUT2D eigenvalue weighted by atomic mass is 9.81. The molecular weight excluding hydrogens is 318 g/mol. The summed E-state index contributed by atoms with van der Waals surface area (Å²) in [4.78, 5) is 24.7. The summed E-state index contributed by atoms with van der Waals surface area (Å²) in [6.45, 7) is 5.76. The van der Waals surface area contributed by atoms with Crippen molar-refractivity contribution in [1.29, 1.82) is 0 Å². The Kier molecular flexibility index (Phi) is 5.37. The molecule has 2 bridgehead atoms. The van der Waals surface area contributed by atoms with Crippen molar-refractivity contribution < 1.29 is 14.6 Å². The molecule has 0 saturated carbocycles. The average molecular weight is 346 g/mol. The Labute approximate surface area is 148 Å². The standard InChI is InChI=1S/C19H27N3O3/c1-13(2)12-21-16-6-4-7-17(21)11-15(10-16)20-19(23)14-5-3-8-18(9-14)22(24)25/h3,5,8-9,13,15-17H,4,6-7,10-12H2,1-2H3,(H,20,23)/p+1/t15?,16-,17+. The maximum absolute atomic E-state index is 12.5. The Morgan fingerprint density at radius 2 is 2.00 bits per heavy atom. The number of benzene rings is 1. The Balaban J connectivity index is 1.65.